The summed E-state index contributed by atoms with van der Waals surface area (Å²) >= 11 is 18.3. The van der Waals surface area contributed by atoms with Crippen molar-refractivity contribution in [3.63, 3.8) is 0 Å². The summed E-state index contributed by atoms with van der Waals surface area (Å²) < 4.78 is 56.9. The Morgan fingerprint density at radius 2 is 1.41 bits per heavy atom. The zero-order chi connectivity index (χ0) is 33.1. The number of aryl methyl sites for hydroxylation is 1. The standard InChI is InChI=1S/C33H26Cl3N3O5S2/c1-22-10-15-25(34)20-31(22)39(46(43,44)28-6-3-2-4-7-28)21-23-11-13-24(14-12-23)33(40)37-26-16-18-27(19-17-26)45(41,42)38-30-9-5-8-29(35)32(30)36/h2-20,38H,21H2,1H3,(H,37,40). The van der Waals surface area contributed by atoms with Crippen molar-refractivity contribution in [2.75, 3.05) is 14.3 Å². The summed E-state index contributed by atoms with van der Waals surface area (Å²) in [7, 11) is -7.94. The monoisotopic (exact) mass is 713 g/mol. The van der Waals surface area contributed by atoms with Crippen molar-refractivity contribution >= 4 is 77.8 Å². The number of hydrogen-bond donors (Lipinski definition) is 2. The van der Waals surface area contributed by atoms with Gasteiger partial charge in [0.2, 0.25) is 0 Å². The lowest BCUT2D eigenvalue weighted by molar-refractivity contribution is 0.102. The number of halogens is 3. The number of nitrogens with zero attached hydrogens (tertiary/aromatic N) is 1. The first-order chi connectivity index (χ1) is 21.8. The van der Waals surface area contributed by atoms with Crippen LogP contribution >= 0.6 is 34.8 Å². The molecule has 0 fully saturated rings. The fourth-order valence-electron chi connectivity index (χ4n) is 4.50. The molecule has 0 aromatic heterocycles. The first-order valence-electron chi connectivity index (χ1n) is 13.7. The van der Waals surface area contributed by atoms with E-state index in [1.165, 1.54) is 46.8 Å². The normalized spacial score (nSPS) is 11.6. The van der Waals surface area contributed by atoms with Crippen LogP contribution < -0.4 is 14.3 Å². The Balaban J connectivity index is 1.31. The van der Waals surface area contributed by atoms with E-state index in [0.29, 0.717) is 27.5 Å². The van der Waals surface area contributed by atoms with Gasteiger partial charge in [0.15, 0.2) is 0 Å². The average molecular weight is 715 g/mol. The van der Waals surface area contributed by atoms with Crippen LogP contribution in [0.2, 0.25) is 15.1 Å². The van der Waals surface area contributed by atoms with Crippen molar-refractivity contribution in [1.82, 2.24) is 0 Å². The maximum atomic E-state index is 13.8. The van der Waals surface area contributed by atoms with E-state index in [4.69, 9.17) is 34.8 Å². The number of hydrogen-bond acceptors (Lipinski definition) is 5. The third kappa shape index (κ3) is 7.49. The molecule has 1 amide bonds. The summed E-state index contributed by atoms with van der Waals surface area (Å²) in [4.78, 5) is 13.1. The van der Waals surface area contributed by atoms with Gasteiger partial charge in [-0.05, 0) is 90.8 Å². The quantitative estimate of drug-likeness (QED) is 0.151. The predicted octanol–water partition coefficient (Wildman–Crippen LogP) is 8.40. The van der Waals surface area contributed by atoms with Gasteiger partial charge in [-0.25, -0.2) is 16.8 Å². The van der Waals surface area contributed by atoms with Crippen molar-refractivity contribution in [2.45, 2.75) is 23.3 Å². The molecule has 0 aliphatic rings. The smallest absolute Gasteiger partial charge is 0.264 e. The van der Waals surface area contributed by atoms with Crippen molar-refractivity contribution in [3.05, 3.63) is 147 Å². The molecule has 8 nitrogen and oxygen atoms in total. The minimum atomic E-state index is -3.98. The molecule has 46 heavy (non-hydrogen) atoms. The van der Waals surface area contributed by atoms with E-state index in [2.05, 4.69) is 10.0 Å². The molecule has 0 unspecified atom stereocenters. The molecular formula is C33H26Cl3N3O5S2. The largest absolute Gasteiger partial charge is 0.322 e. The van der Waals surface area contributed by atoms with Crippen LogP contribution in [0, 0.1) is 6.92 Å². The van der Waals surface area contributed by atoms with Crippen molar-refractivity contribution in [3.8, 4) is 0 Å². The third-order valence-electron chi connectivity index (χ3n) is 6.93. The summed E-state index contributed by atoms with van der Waals surface area (Å²) in [5, 5.41) is 3.42. The zero-order valence-electron chi connectivity index (χ0n) is 24.1. The van der Waals surface area contributed by atoms with E-state index in [1.54, 1.807) is 79.7 Å². The average Bonchev–Trinajstić information content (AvgIpc) is 3.04. The van der Waals surface area contributed by atoms with E-state index in [-0.39, 0.29) is 32.1 Å². The fraction of sp³-hybridized carbons (Fsp3) is 0.0606. The molecule has 0 aliphatic heterocycles. The number of sulfonamides is 2. The second-order valence-corrected chi connectivity index (χ2v) is 14.9. The van der Waals surface area contributed by atoms with Crippen molar-refractivity contribution in [1.29, 1.82) is 0 Å². The first-order valence-corrected chi connectivity index (χ1v) is 17.7. The van der Waals surface area contributed by atoms with E-state index in [1.807, 2.05) is 0 Å². The second-order valence-electron chi connectivity index (χ2n) is 10.1. The fourth-order valence-corrected chi connectivity index (χ4v) is 7.68. The Morgan fingerprint density at radius 1 is 0.739 bits per heavy atom. The number of rotatable bonds is 10. The van der Waals surface area contributed by atoms with E-state index in [9.17, 15) is 21.6 Å². The number of carbonyl (C=O) groups is 1. The van der Waals surface area contributed by atoms with Gasteiger partial charge in [-0.2, -0.15) is 0 Å². The van der Waals surface area contributed by atoms with Crippen LogP contribution in [0.5, 0.6) is 0 Å². The van der Waals surface area contributed by atoms with E-state index < -0.39 is 26.0 Å². The van der Waals surface area contributed by atoms with Gasteiger partial charge in [0.1, 0.15) is 0 Å². The Kier molecular flexibility index (Phi) is 9.95. The molecule has 0 atom stereocenters. The van der Waals surface area contributed by atoms with E-state index >= 15 is 0 Å². The highest BCUT2D eigenvalue weighted by molar-refractivity contribution is 7.93. The lowest BCUT2D eigenvalue weighted by atomic mass is 10.1. The number of nitrogens with one attached hydrogen (secondary N) is 2. The molecule has 236 valence electrons. The Morgan fingerprint density at radius 3 is 2.09 bits per heavy atom. The number of carbonyl (C=O) groups excluding carboxylic acids is 1. The molecule has 0 spiro atoms. The molecule has 5 aromatic rings. The molecule has 0 heterocycles. The molecule has 13 heteroatoms. The zero-order valence-corrected chi connectivity index (χ0v) is 28.0. The Hall–Kier alpha value is -4.06. The van der Waals surface area contributed by atoms with Crippen molar-refractivity contribution in [2.24, 2.45) is 0 Å². The minimum Gasteiger partial charge on any atom is -0.322 e. The topological polar surface area (TPSA) is 113 Å². The molecule has 0 radical (unpaired) electrons. The van der Waals surface area contributed by atoms with Crippen molar-refractivity contribution < 1.29 is 21.6 Å². The van der Waals surface area contributed by atoms with Gasteiger partial charge in [-0.3, -0.25) is 13.8 Å². The SMILES string of the molecule is Cc1ccc(Cl)cc1N(Cc1ccc(C(=O)Nc2ccc(S(=O)(=O)Nc3cccc(Cl)c3Cl)cc2)cc1)S(=O)(=O)c1ccccc1. The number of benzene rings is 5. The summed E-state index contributed by atoms with van der Waals surface area (Å²) in [6.45, 7) is 1.80. The second kappa shape index (κ2) is 13.7. The number of amides is 1. The summed E-state index contributed by atoms with van der Waals surface area (Å²) in [5.74, 6) is -0.439. The Labute approximate surface area is 282 Å². The lowest BCUT2D eigenvalue weighted by Gasteiger charge is -2.26. The first kappa shape index (κ1) is 33.3. The van der Waals surface area contributed by atoms with Gasteiger partial charge in [0.25, 0.3) is 26.0 Å². The minimum absolute atomic E-state index is 0.00925. The van der Waals surface area contributed by atoms with Gasteiger partial charge < -0.3 is 5.32 Å². The van der Waals surface area contributed by atoms with Crippen LogP contribution in [0.3, 0.4) is 0 Å². The number of anilines is 3. The predicted molar refractivity (Wildman–Crippen MR) is 184 cm³/mol. The van der Waals surface area contributed by atoms with Gasteiger partial charge in [-0.1, -0.05) is 77.3 Å². The molecule has 0 aliphatic carbocycles. The molecule has 5 rings (SSSR count). The highest BCUT2D eigenvalue weighted by Gasteiger charge is 2.27. The van der Waals surface area contributed by atoms with Crippen LogP contribution in [-0.2, 0) is 26.6 Å². The Bertz CT molecular complexity index is 2110. The maximum Gasteiger partial charge on any atom is 0.264 e. The van der Waals surface area contributed by atoms with Crippen LogP contribution in [0.4, 0.5) is 17.1 Å². The third-order valence-corrected chi connectivity index (χ3v) is 11.1. The molecule has 2 N–H and O–H groups in total. The van der Waals surface area contributed by atoms with Gasteiger partial charge >= 0.3 is 0 Å². The van der Waals surface area contributed by atoms with Crippen LogP contribution in [-0.4, -0.2) is 22.7 Å². The molecule has 5 aromatic carbocycles. The van der Waals surface area contributed by atoms with Crippen LogP contribution in [0.15, 0.2) is 125 Å². The van der Waals surface area contributed by atoms with Gasteiger partial charge in [0, 0.05) is 16.3 Å². The summed E-state index contributed by atoms with van der Waals surface area (Å²) in [6.07, 6.45) is 0. The highest BCUT2D eigenvalue weighted by atomic mass is 35.5. The lowest BCUT2D eigenvalue weighted by Crippen LogP contribution is -2.31. The molecule has 0 saturated carbocycles. The summed E-state index contributed by atoms with van der Waals surface area (Å²) in [6, 6.07) is 29.9. The highest BCUT2D eigenvalue weighted by Crippen LogP contribution is 2.32. The van der Waals surface area contributed by atoms with Gasteiger partial charge in [0.05, 0.1) is 37.8 Å². The van der Waals surface area contributed by atoms with E-state index in [0.717, 1.165) is 5.56 Å². The summed E-state index contributed by atoms with van der Waals surface area (Å²) in [5.41, 5.74) is 2.62. The van der Waals surface area contributed by atoms with Crippen LogP contribution in [0.25, 0.3) is 0 Å². The maximum absolute atomic E-state index is 13.8. The van der Waals surface area contributed by atoms with Crippen LogP contribution in [0.1, 0.15) is 21.5 Å². The molecule has 0 bridgehead atoms. The molecular weight excluding hydrogens is 689 g/mol. The molecule has 0 saturated heterocycles. The van der Waals surface area contributed by atoms with Gasteiger partial charge in [-0.15, -0.1) is 0 Å².